The number of hydrogen-bond acceptors (Lipinski definition) is 5. The summed E-state index contributed by atoms with van der Waals surface area (Å²) >= 11 is 0. The Morgan fingerprint density at radius 2 is 1.96 bits per heavy atom. The van der Waals surface area contributed by atoms with Crippen molar-refractivity contribution < 1.29 is 9.90 Å². The number of nitrogens with zero attached hydrogens (tertiary/aromatic N) is 5. The van der Waals surface area contributed by atoms with Crippen molar-refractivity contribution >= 4 is 17.4 Å². The third-order valence-corrected chi connectivity index (χ3v) is 5.26. The molecule has 1 amide bonds. The van der Waals surface area contributed by atoms with E-state index in [0.717, 1.165) is 12.1 Å². The van der Waals surface area contributed by atoms with Gasteiger partial charge < -0.3 is 10.0 Å². The predicted molar refractivity (Wildman–Crippen MR) is 102 cm³/mol. The summed E-state index contributed by atoms with van der Waals surface area (Å²) in [5, 5.41) is 20.7. The number of nitriles is 1. The highest BCUT2D eigenvalue weighted by Gasteiger charge is 2.33. The maximum atomic E-state index is 13.0. The smallest absolute Gasteiger partial charge is 0.262 e. The van der Waals surface area contributed by atoms with Crippen molar-refractivity contribution in [1.29, 1.82) is 5.26 Å². The largest absolute Gasteiger partial charge is 0.388 e. The van der Waals surface area contributed by atoms with E-state index in [1.165, 1.54) is 17.0 Å². The molecule has 4 rings (SSSR count). The Bertz CT molecular complexity index is 1120. The summed E-state index contributed by atoms with van der Waals surface area (Å²) in [5.41, 5.74) is 0.105. The van der Waals surface area contributed by atoms with E-state index in [4.69, 9.17) is 0 Å². The molecule has 3 aromatic rings. The molecule has 0 bridgehead atoms. The Balaban J connectivity index is 1.74. The molecule has 0 atom stereocenters. The minimum absolute atomic E-state index is 0.0971. The lowest BCUT2D eigenvalue weighted by Crippen LogP contribution is -2.47. The second kappa shape index (κ2) is 6.94. The average molecular weight is 377 g/mol. The van der Waals surface area contributed by atoms with Gasteiger partial charge in [0.05, 0.1) is 17.5 Å². The highest BCUT2D eigenvalue weighted by atomic mass is 16.3. The second-order valence-electron chi connectivity index (χ2n) is 7.09. The summed E-state index contributed by atoms with van der Waals surface area (Å²) in [5.74, 6) is 0. The molecule has 0 saturated carbocycles. The van der Waals surface area contributed by atoms with Crippen LogP contribution in [0.2, 0.25) is 0 Å². The number of para-hydroxylation sites is 1. The second-order valence-corrected chi connectivity index (χ2v) is 7.09. The SMILES string of the molecule is N#Cc1cc2c(=O)n(CC3(O)CCN(C=O)CC3)cnc2n1-c1ccccc1. The van der Waals surface area contributed by atoms with Crippen LogP contribution in [0.15, 0.2) is 47.5 Å². The average Bonchev–Trinajstić information content (AvgIpc) is 3.11. The fourth-order valence-corrected chi connectivity index (χ4v) is 3.67. The van der Waals surface area contributed by atoms with Crippen molar-refractivity contribution in [3.8, 4) is 11.8 Å². The molecule has 0 aliphatic carbocycles. The highest BCUT2D eigenvalue weighted by Crippen LogP contribution is 2.24. The number of rotatable bonds is 4. The first-order valence-electron chi connectivity index (χ1n) is 9.03. The van der Waals surface area contributed by atoms with Gasteiger partial charge >= 0.3 is 0 Å². The highest BCUT2D eigenvalue weighted by molar-refractivity contribution is 5.79. The number of carbonyl (C=O) groups is 1. The van der Waals surface area contributed by atoms with Gasteiger partial charge in [-0.3, -0.25) is 18.7 Å². The Labute approximate surface area is 160 Å². The molecule has 0 radical (unpaired) electrons. The molecule has 1 aromatic carbocycles. The number of hydrogen-bond donors (Lipinski definition) is 1. The van der Waals surface area contributed by atoms with E-state index in [-0.39, 0.29) is 12.1 Å². The van der Waals surface area contributed by atoms with Crippen molar-refractivity contribution in [1.82, 2.24) is 19.0 Å². The number of piperidine rings is 1. The van der Waals surface area contributed by atoms with Crippen LogP contribution in [0.5, 0.6) is 0 Å². The van der Waals surface area contributed by atoms with Gasteiger partial charge in [0.1, 0.15) is 18.1 Å². The van der Waals surface area contributed by atoms with E-state index >= 15 is 0 Å². The van der Waals surface area contributed by atoms with Crippen molar-refractivity contribution in [3.05, 3.63) is 58.8 Å². The molecule has 142 valence electrons. The first-order chi connectivity index (χ1) is 13.5. The molecule has 1 aliphatic heterocycles. The Hall–Kier alpha value is -3.44. The number of benzene rings is 1. The lowest BCUT2D eigenvalue weighted by atomic mass is 9.91. The van der Waals surface area contributed by atoms with Crippen molar-refractivity contribution in [3.63, 3.8) is 0 Å². The van der Waals surface area contributed by atoms with Gasteiger partial charge in [-0.25, -0.2) is 4.98 Å². The van der Waals surface area contributed by atoms with E-state index in [2.05, 4.69) is 11.1 Å². The molecule has 28 heavy (non-hydrogen) atoms. The summed E-state index contributed by atoms with van der Waals surface area (Å²) in [6.45, 7) is 1.00. The van der Waals surface area contributed by atoms with Crippen LogP contribution in [-0.2, 0) is 11.3 Å². The fourth-order valence-electron chi connectivity index (χ4n) is 3.67. The van der Waals surface area contributed by atoms with E-state index in [1.54, 1.807) is 9.47 Å². The molecule has 8 nitrogen and oxygen atoms in total. The first-order valence-corrected chi connectivity index (χ1v) is 9.03. The third kappa shape index (κ3) is 3.06. The fraction of sp³-hybridized carbons (Fsp3) is 0.300. The van der Waals surface area contributed by atoms with E-state index in [1.807, 2.05) is 30.3 Å². The van der Waals surface area contributed by atoms with Gasteiger partial charge in [0.2, 0.25) is 6.41 Å². The summed E-state index contributed by atoms with van der Waals surface area (Å²) in [6.07, 6.45) is 2.97. The zero-order valence-corrected chi connectivity index (χ0v) is 15.2. The Morgan fingerprint density at radius 3 is 2.61 bits per heavy atom. The predicted octanol–water partition coefficient (Wildman–Crippen LogP) is 1.04. The van der Waals surface area contributed by atoms with Crippen LogP contribution in [0.4, 0.5) is 0 Å². The van der Waals surface area contributed by atoms with Gasteiger partial charge in [-0.15, -0.1) is 0 Å². The van der Waals surface area contributed by atoms with Gasteiger partial charge in [0.25, 0.3) is 5.56 Å². The van der Waals surface area contributed by atoms with Gasteiger partial charge in [0.15, 0.2) is 5.65 Å². The van der Waals surface area contributed by atoms with Gasteiger partial charge in [-0.05, 0) is 31.0 Å². The van der Waals surface area contributed by atoms with Gasteiger partial charge in [0, 0.05) is 18.8 Å². The molecule has 1 aliphatic rings. The first kappa shape index (κ1) is 17.9. The van der Waals surface area contributed by atoms with E-state index in [9.17, 15) is 20.0 Å². The lowest BCUT2D eigenvalue weighted by molar-refractivity contribution is -0.122. The standard InChI is InChI=1S/C20H19N5O3/c21-11-16-10-17-18(25(16)15-4-2-1-3-5-15)22-13-24(19(17)27)12-20(28)6-8-23(14-26)9-7-20/h1-5,10,13-14,28H,6-9,12H2. The molecule has 3 heterocycles. The minimum atomic E-state index is -1.07. The van der Waals surface area contributed by atoms with Gasteiger partial charge in [-0.2, -0.15) is 5.26 Å². The number of aliphatic hydroxyl groups is 1. The quantitative estimate of drug-likeness (QED) is 0.684. The maximum Gasteiger partial charge on any atom is 0.262 e. The van der Waals surface area contributed by atoms with Crippen LogP contribution < -0.4 is 5.56 Å². The summed E-state index contributed by atoms with van der Waals surface area (Å²) in [4.78, 5) is 29.9. The Morgan fingerprint density at radius 1 is 1.25 bits per heavy atom. The number of carbonyl (C=O) groups excluding carboxylic acids is 1. The normalized spacial score (nSPS) is 16.1. The van der Waals surface area contributed by atoms with Crippen LogP contribution in [0.3, 0.4) is 0 Å². The van der Waals surface area contributed by atoms with Crippen LogP contribution >= 0.6 is 0 Å². The molecule has 1 N–H and O–H groups in total. The van der Waals surface area contributed by atoms with E-state index < -0.39 is 5.60 Å². The summed E-state index contributed by atoms with van der Waals surface area (Å²) in [7, 11) is 0. The maximum absolute atomic E-state index is 13.0. The summed E-state index contributed by atoms with van der Waals surface area (Å²) in [6, 6.07) is 12.9. The summed E-state index contributed by atoms with van der Waals surface area (Å²) < 4.78 is 3.04. The van der Waals surface area contributed by atoms with Gasteiger partial charge in [-0.1, -0.05) is 18.2 Å². The lowest BCUT2D eigenvalue weighted by Gasteiger charge is -2.36. The van der Waals surface area contributed by atoms with E-state index in [0.29, 0.717) is 42.7 Å². The monoisotopic (exact) mass is 377 g/mol. The minimum Gasteiger partial charge on any atom is -0.388 e. The zero-order valence-electron chi connectivity index (χ0n) is 15.2. The number of likely N-dealkylation sites (tertiary alicyclic amines) is 1. The molecule has 0 spiro atoms. The molecule has 1 fully saturated rings. The van der Waals surface area contributed by atoms with Crippen LogP contribution in [0.1, 0.15) is 18.5 Å². The Kier molecular flexibility index (Phi) is 4.45. The zero-order chi connectivity index (χ0) is 19.7. The van der Waals surface area contributed by atoms with Crippen LogP contribution in [-0.4, -0.2) is 49.2 Å². The molecule has 2 aromatic heterocycles. The molecule has 1 saturated heterocycles. The molecular weight excluding hydrogens is 358 g/mol. The third-order valence-electron chi connectivity index (χ3n) is 5.26. The van der Waals surface area contributed by atoms with Crippen molar-refractivity contribution in [2.45, 2.75) is 25.0 Å². The van der Waals surface area contributed by atoms with Crippen LogP contribution in [0.25, 0.3) is 16.7 Å². The number of aromatic nitrogens is 3. The topological polar surface area (TPSA) is 104 Å². The molecule has 0 unspecified atom stereocenters. The molecular formula is C20H19N5O3. The van der Waals surface area contributed by atoms with Crippen molar-refractivity contribution in [2.24, 2.45) is 0 Å². The number of fused-ring (bicyclic) bond motifs is 1. The van der Waals surface area contributed by atoms with Crippen molar-refractivity contribution in [2.75, 3.05) is 13.1 Å². The molecule has 8 heteroatoms. The number of amides is 1. The van der Waals surface area contributed by atoms with Crippen LogP contribution in [0, 0.1) is 11.3 Å².